The van der Waals surface area contributed by atoms with E-state index >= 15 is 0 Å². The highest BCUT2D eigenvalue weighted by Gasteiger charge is 2.28. The zero-order valence-electron chi connectivity index (χ0n) is 18.4. The monoisotopic (exact) mass is 451 g/mol. The molecule has 32 heavy (non-hydrogen) atoms. The van der Waals surface area contributed by atoms with Gasteiger partial charge in [-0.3, -0.25) is 9.59 Å². The molecule has 4 rings (SSSR count). The highest BCUT2D eigenvalue weighted by molar-refractivity contribution is 8.05. The number of amides is 2. The second-order valence-electron chi connectivity index (χ2n) is 8.14. The van der Waals surface area contributed by atoms with E-state index in [-0.39, 0.29) is 17.1 Å². The molecule has 1 N–H and O–H groups in total. The molecular weight excluding hydrogens is 422 g/mol. The number of likely N-dealkylation sites (tertiary alicyclic amines) is 1. The summed E-state index contributed by atoms with van der Waals surface area (Å²) >= 11 is 1.45. The van der Waals surface area contributed by atoms with Crippen molar-refractivity contribution in [2.75, 3.05) is 33.3 Å². The summed E-state index contributed by atoms with van der Waals surface area (Å²) in [6, 6.07) is 7.56. The van der Waals surface area contributed by atoms with Crippen molar-refractivity contribution in [3.8, 4) is 5.75 Å². The summed E-state index contributed by atoms with van der Waals surface area (Å²) in [5, 5.41) is 2.94. The molecule has 2 heterocycles. The summed E-state index contributed by atoms with van der Waals surface area (Å²) in [6.07, 6.45) is 12.4. The molecule has 1 atom stereocenters. The summed E-state index contributed by atoms with van der Waals surface area (Å²) in [6.45, 7) is 3.73. The lowest BCUT2D eigenvalue weighted by Gasteiger charge is -2.23. The van der Waals surface area contributed by atoms with Crippen molar-refractivity contribution >= 4 is 35.4 Å². The quantitative estimate of drug-likeness (QED) is 0.669. The van der Waals surface area contributed by atoms with E-state index in [9.17, 15) is 9.59 Å². The third-order valence-electron chi connectivity index (χ3n) is 5.81. The fourth-order valence-corrected chi connectivity index (χ4v) is 5.07. The van der Waals surface area contributed by atoms with Crippen LogP contribution < -0.4 is 10.1 Å². The Kier molecular flexibility index (Phi) is 7.60. The SMILES string of the molecule is COc1cccc(/C=C2/SC3C=CC(C(=O)NCCN4CCCCCC4)=CC3=NC2=O)c1. The van der Waals surface area contributed by atoms with E-state index in [1.54, 1.807) is 13.2 Å². The number of nitrogens with one attached hydrogen (secondary N) is 1. The van der Waals surface area contributed by atoms with Gasteiger partial charge in [-0.05, 0) is 55.8 Å². The van der Waals surface area contributed by atoms with Crippen LogP contribution in [0.5, 0.6) is 5.75 Å². The van der Waals surface area contributed by atoms with Crippen LogP contribution in [0.2, 0.25) is 0 Å². The van der Waals surface area contributed by atoms with Gasteiger partial charge in [-0.25, -0.2) is 4.99 Å². The van der Waals surface area contributed by atoms with E-state index in [4.69, 9.17) is 4.74 Å². The lowest BCUT2D eigenvalue weighted by atomic mass is 10.0. The molecule has 2 aliphatic heterocycles. The Morgan fingerprint density at radius 3 is 2.88 bits per heavy atom. The van der Waals surface area contributed by atoms with Crippen LogP contribution in [0.1, 0.15) is 31.2 Å². The molecule has 7 heteroatoms. The molecule has 0 aromatic heterocycles. The van der Waals surface area contributed by atoms with E-state index in [1.165, 1.54) is 37.4 Å². The number of fused-ring (bicyclic) bond motifs is 1. The number of hydrogen-bond donors (Lipinski definition) is 1. The lowest BCUT2D eigenvalue weighted by Crippen LogP contribution is -2.36. The van der Waals surface area contributed by atoms with Crippen molar-refractivity contribution in [2.24, 2.45) is 4.99 Å². The highest BCUT2D eigenvalue weighted by atomic mass is 32.2. The molecule has 1 aromatic rings. The fourth-order valence-electron chi connectivity index (χ4n) is 4.04. The molecular formula is C25H29N3O3S. The third-order valence-corrected chi connectivity index (χ3v) is 7.01. The maximum atomic E-state index is 12.6. The van der Waals surface area contributed by atoms with E-state index in [1.807, 2.05) is 42.5 Å². The maximum absolute atomic E-state index is 12.6. The minimum absolute atomic E-state index is 0.0711. The summed E-state index contributed by atoms with van der Waals surface area (Å²) < 4.78 is 5.25. The first-order valence-corrected chi connectivity index (χ1v) is 12.1. The number of benzene rings is 1. The van der Waals surface area contributed by atoms with Crippen molar-refractivity contribution < 1.29 is 14.3 Å². The number of ether oxygens (including phenoxy) is 1. The minimum Gasteiger partial charge on any atom is -0.497 e. The first-order valence-electron chi connectivity index (χ1n) is 11.2. The minimum atomic E-state index is -0.281. The Morgan fingerprint density at radius 1 is 1.28 bits per heavy atom. The van der Waals surface area contributed by atoms with Gasteiger partial charge in [-0.1, -0.05) is 37.1 Å². The van der Waals surface area contributed by atoms with Gasteiger partial charge in [-0.15, -0.1) is 11.8 Å². The first-order chi connectivity index (χ1) is 15.6. The van der Waals surface area contributed by atoms with Gasteiger partial charge in [-0.2, -0.15) is 0 Å². The van der Waals surface area contributed by atoms with Crippen molar-refractivity contribution in [1.82, 2.24) is 10.2 Å². The predicted molar refractivity (Wildman–Crippen MR) is 130 cm³/mol. The van der Waals surface area contributed by atoms with Crippen LogP contribution >= 0.6 is 11.8 Å². The molecule has 1 saturated heterocycles. The van der Waals surface area contributed by atoms with Crippen molar-refractivity contribution in [1.29, 1.82) is 0 Å². The average Bonchev–Trinajstić information content (AvgIpc) is 3.08. The first kappa shape index (κ1) is 22.6. The van der Waals surface area contributed by atoms with Crippen molar-refractivity contribution in [3.63, 3.8) is 0 Å². The molecule has 2 amide bonds. The summed E-state index contributed by atoms with van der Waals surface area (Å²) in [5.74, 6) is 0.340. The number of allylic oxidation sites excluding steroid dienone is 1. The summed E-state index contributed by atoms with van der Waals surface area (Å²) in [7, 11) is 1.62. The standard InChI is InChI=1S/C25H29N3O3S/c1-31-20-8-6-7-18(15-20)16-23-25(30)27-21-17-19(9-10-22(21)32-23)24(29)26-11-14-28-12-4-2-3-5-13-28/h6-10,15-17,22H,2-5,11-14H2,1H3,(H,26,29)/b23-16+. The normalized spacial score (nSPS) is 22.6. The summed E-state index contributed by atoms with van der Waals surface area (Å²) in [5.41, 5.74) is 2.06. The van der Waals surface area contributed by atoms with E-state index in [0.29, 0.717) is 22.7 Å². The van der Waals surface area contributed by atoms with Crippen molar-refractivity contribution in [3.05, 3.63) is 58.5 Å². The van der Waals surface area contributed by atoms with Gasteiger partial charge in [0, 0.05) is 18.7 Å². The Hall–Kier alpha value is -2.64. The van der Waals surface area contributed by atoms with Crippen LogP contribution in [0.3, 0.4) is 0 Å². The molecule has 0 bridgehead atoms. The number of methoxy groups -OCH3 is 1. The fraction of sp³-hybridized carbons (Fsp3) is 0.400. The molecule has 1 aliphatic carbocycles. The topological polar surface area (TPSA) is 71.0 Å². The third kappa shape index (κ3) is 5.78. The highest BCUT2D eigenvalue weighted by Crippen LogP contribution is 2.34. The zero-order chi connectivity index (χ0) is 22.3. The van der Waals surface area contributed by atoms with Crippen LogP contribution in [-0.4, -0.2) is 61.0 Å². The Morgan fingerprint density at radius 2 is 2.09 bits per heavy atom. The van der Waals surface area contributed by atoms with E-state index in [2.05, 4.69) is 15.2 Å². The summed E-state index contributed by atoms with van der Waals surface area (Å²) in [4.78, 5) is 32.5. The van der Waals surface area contributed by atoms with Gasteiger partial charge < -0.3 is 15.0 Å². The number of carbonyl (C=O) groups is 2. The van der Waals surface area contributed by atoms with Gasteiger partial charge >= 0.3 is 0 Å². The Balaban J connectivity index is 1.37. The van der Waals surface area contributed by atoms with Gasteiger partial charge in [0.05, 0.1) is 23.0 Å². The van der Waals surface area contributed by atoms with Crippen LogP contribution in [0.4, 0.5) is 0 Å². The number of thioether (sulfide) groups is 1. The lowest BCUT2D eigenvalue weighted by molar-refractivity contribution is -0.117. The van der Waals surface area contributed by atoms with Gasteiger partial charge in [0.2, 0.25) is 0 Å². The number of hydrogen-bond acceptors (Lipinski definition) is 5. The molecule has 6 nitrogen and oxygen atoms in total. The molecule has 0 spiro atoms. The van der Waals surface area contributed by atoms with Gasteiger partial charge in [0.25, 0.3) is 11.8 Å². The van der Waals surface area contributed by atoms with E-state index in [0.717, 1.165) is 30.9 Å². The second-order valence-corrected chi connectivity index (χ2v) is 9.32. The molecule has 1 fully saturated rings. The molecule has 1 aromatic carbocycles. The van der Waals surface area contributed by atoms with Crippen molar-refractivity contribution in [2.45, 2.75) is 30.9 Å². The maximum Gasteiger partial charge on any atom is 0.283 e. The number of nitrogens with zero attached hydrogens (tertiary/aromatic N) is 2. The van der Waals surface area contributed by atoms with E-state index < -0.39 is 0 Å². The van der Waals surface area contributed by atoms with Crippen LogP contribution in [0, 0.1) is 0 Å². The molecule has 168 valence electrons. The van der Waals surface area contributed by atoms with Gasteiger partial charge in [0.1, 0.15) is 5.75 Å². The van der Waals surface area contributed by atoms with Crippen LogP contribution in [-0.2, 0) is 9.59 Å². The molecule has 0 radical (unpaired) electrons. The largest absolute Gasteiger partial charge is 0.497 e. The average molecular weight is 452 g/mol. The van der Waals surface area contributed by atoms with Crippen LogP contribution in [0.15, 0.2) is 58.0 Å². The molecule has 0 saturated carbocycles. The number of rotatable bonds is 6. The smallest absolute Gasteiger partial charge is 0.283 e. The second kappa shape index (κ2) is 10.8. The zero-order valence-corrected chi connectivity index (χ0v) is 19.2. The van der Waals surface area contributed by atoms with Crippen LogP contribution in [0.25, 0.3) is 6.08 Å². The Labute approximate surface area is 193 Å². The number of carbonyl (C=O) groups excluding carboxylic acids is 2. The predicted octanol–water partition coefficient (Wildman–Crippen LogP) is 3.61. The Bertz CT molecular complexity index is 988. The molecule has 3 aliphatic rings. The van der Waals surface area contributed by atoms with Gasteiger partial charge in [0.15, 0.2) is 0 Å². The number of aliphatic imine (C=N–C) groups is 1. The molecule has 1 unspecified atom stereocenters.